The van der Waals surface area contributed by atoms with Gasteiger partial charge in [-0.2, -0.15) is 0 Å². The lowest BCUT2D eigenvalue weighted by atomic mass is 9.87. The molecular formula is C26H35N3O2. The van der Waals surface area contributed by atoms with Crippen molar-refractivity contribution in [1.82, 2.24) is 10.2 Å². The van der Waals surface area contributed by atoms with Gasteiger partial charge in [-0.3, -0.25) is 4.79 Å². The number of benzene rings is 2. The number of anilines is 1. The summed E-state index contributed by atoms with van der Waals surface area (Å²) in [5, 5.41) is 6.17. The lowest BCUT2D eigenvalue weighted by Gasteiger charge is -2.30. The molecule has 2 aromatic carbocycles. The van der Waals surface area contributed by atoms with Crippen molar-refractivity contribution in [3.8, 4) is 0 Å². The summed E-state index contributed by atoms with van der Waals surface area (Å²) in [6.07, 6.45) is 5.22. The fourth-order valence-corrected chi connectivity index (χ4v) is 4.15. The van der Waals surface area contributed by atoms with Gasteiger partial charge in [-0.05, 0) is 67.9 Å². The van der Waals surface area contributed by atoms with Gasteiger partial charge < -0.3 is 15.5 Å². The van der Waals surface area contributed by atoms with Gasteiger partial charge in [0.15, 0.2) is 0 Å². The van der Waals surface area contributed by atoms with Crippen LogP contribution in [-0.4, -0.2) is 29.4 Å². The van der Waals surface area contributed by atoms with E-state index in [0.29, 0.717) is 13.0 Å². The van der Waals surface area contributed by atoms with E-state index in [1.54, 1.807) is 4.90 Å². The molecule has 5 heteroatoms. The number of hydrogen-bond acceptors (Lipinski definition) is 2. The first-order valence-corrected chi connectivity index (χ1v) is 11.6. The number of nitrogens with one attached hydrogen (secondary N) is 2. The van der Waals surface area contributed by atoms with E-state index >= 15 is 0 Å². The number of nitrogens with zero attached hydrogens (tertiary/aromatic N) is 1. The molecule has 0 bridgehead atoms. The largest absolute Gasteiger partial charge is 0.349 e. The van der Waals surface area contributed by atoms with Crippen molar-refractivity contribution in [3.63, 3.8) is 0 Å². The molecule has 2 aromatic rings. The predicted octanol–water partition coefficient (Wildman–Crippen LogP) is 5.47. The molecule has 31 heavy (non-hydrogen) atoms. The van der Waals surface area contributed by atoms with Crippen molar-refractivity contribution in [2.45, 2.75) is 71.4 Å². The number of fused-ring (bicyclic) bond motifs is 1. The maximum absolute atomic E-state index is 12.9. The van der Waals surface area contributed by atoms with Crippen LogP contribution in [0.1, 0.15) is 69.2 Å². The summed E-state index contributed by atoms with van der Waals surface area (Å²) in [6, 6.07) is 16.2. The number of aryl methyl sites for hydroxylation is 2. The van der Waals surface area contributed by atoms with E-state index in [2.05, 4.69) is 42.7 Å². The van der Waals surface area contributed by atoms with Gasteiger partial charge in [0.1, 0.15) is 0 Å². The molecule has 0 radical (unpaired) electrons. The second-order valence-electron chi connectivity index (χ2n) is 8.39. The van der Waals surface area contributed by atoms with Crippen molar-refractivity contribution < 1.29 is 9.59 Å². The van der Waals surface area contributed by atoms with Crippen LogP contribution in [0.25, 0.3) is 0 Å². The monoisotopic (exact) mass is 421 g/mol. The highest BCUT2D eigenvalue weighted by molar-refractivity contribution is 5.90. The van der Waals surface area contributed by atoms with Gasteiger partial charge in [-0.1, -0.05) is 50.2 Å². The minimum atomic E-state index is -0.158. The summed E-state index contributed by atoms with van der Waals surface area (Å²) < 4.78 is 0. The van der Waals surface area contributed by atoms with E-state index in [1.807, 2.05) is 37.3 Å². The first kappa shape index (κ1) is 22.9. The van der Waals surface area contributed by atoms with E-state index in [-0.39, 0.29) is 24.0 Å². The Labute approximate surface area is 186 Å². The third-order valence-corrected chi connectivity index (χ3v) is 6.28. The molecule has 0 heterocycles. The number of urea groups is 1. The molecule has 3 rings (SSSR count). The predicted molar refractivity (Wildman–Crippen MR) is 126 cm³/mol. The Bertz CT molecular complexity index is 878. The molecule has 0 saturated carbocycles. The van der Waals surface area contributed by atoms with Gasteiger partial charge in [-0.15, -0.1) is 0 Å². The van der Waals surface area contributed by atoms with Crippen LogP contribution in [0.4, 0.5) is 10.5 Å². The quantitative estimate of drug-likeness (QED) is 0.594. The minimum Gasteiger partial charge on any atom is -0.349 e. The van der Waals surface area contributed by atoms with Crippen molar-refractivity contribution in [2.24, 2.45) is 0 Å². The summed E-state index contributed by atoms with van der Waals surface area (Å²) >= 11 is 0. The van der Waals surface area contributed by atoms with Crippen LogP contribution in [0.3, 0.4) is 0 Å². The molecule has 166 valence electrons. The van der Waals surface area contributed by atoms with E-state index < -0.39 is 0 Å². The highest BCUT2D eigenvalue weighted by atomic mass is 16.2. The highest BCUT2D eigenvalue weighted by Gasteiger charge is 2.23. The van der Waals surface area contributed by atoms with Crippen LogP contribution in [0, 0.1) is 0 Å². The Morgan fingerprint density at radius 3 is 2.55 bits per heavy atom. The Morgan fingerprint density at radius 1 is 1.10 bits per heavy atom. The average Bonchev–Trinajstić information content (AvgIpc) is 2.79. The van der Waals surface area contributed by atoms with E-state index in [0.717, 1.165) is 37.8 Å². The van der Waals surface area contributed by atoms with Gasteiger partial charge in [0, 0.05) is 24.7 Å². The minimum absolute atomic E-state index is 0.00453. The molecule has 0 saturated heterocycles. The molecule has 3 amide bonds. The lowest BCUT2D eigenvalue weighted by Crippen LogP contribution is -2.43. The fraction of sp³-hybridized carbons (Fsp3) is 0.462. The van der Waals surface area contributed by atoms with E-state index in [1.165, 1.54) is 16.7 Å². The molecular weight excluding hydrogens is 386 g/mol. The third kappa shape index (κ3) is 6.09. The van der Waals surface area contributed by atoms with Gasteiger partial charge in [0.2, 0.25) is 5.91 Å². The molecule has 0 aromatic heterocycles. The first-order chi connectivity index (χ1) is 15.0. The van der Waals surface area contributed by atoms with Gasteiger partial charge in [0.25, 0.3) is 0 Å². The standard InChI is InChI=1S/C26H35N3O2/c1-4-19(3)29(26(31)27-22-15-13-20(5-2)14-16-22)18-17-25(30)28-24-12-8-10-21-9-6-7-11-23(21)24/h6-7,9,11,13-16,19,24H,4-5,8,10,12,17-18H2,1-3H3,(H,27,31)(H,28,30)/t19-,24+/m0/s1. The van der Waals surface area contributed by atoms with Gasteiger partial charge in [-0.25, -0.2) is 4.79 Å². The maximum atomic E-state index is 12.9. The zero-order valence-corrected chi connectivity index (χ0v) is 19.0. The van der Waals surface area contributed by atoms with Crippen molar-refractivity contribution in [3.05, 3.63) is 65.2 Å². The Balaban J connectivity index is 1.58. The topological polar surface area (TPSA) is 61.4 Å². The maximum Gasteiger partial charge on any atom is 0.322 e. The zero-order valence-electron chi connectivity index (χ0n) is 19.0. The van der Waals surface area contributed by atoms with Crippen molar-refractivity contribution >= 4 is 17.6 Å². The van der Waals surface area contributed by atoms with Crippen LogP contribution < -0.4 is 10.6 Å². The first-order valence-electron chi connectivity index (χ1n) is 11.6. The number of carbonyl (C=O) groups is 2. The fourth-order valence-electron chi connectivity index (χ4n) is 4.15. The lowest BCUT2D eigenvalue weighted by molar-refractivity contribution is -0.122. The zero-order chi connectivity index (χ0) is 22.2. The van der Waals surface area contributed by atoms with Crippen LogP contribution in [0.5, 0.6) is 0 Å². The highest BCUT2D eigenvalue weighted by Crippen LogP contribution is 2.29. The molecule has 1 aliphatic carbocycles. The van der Waals surface area contributed by atoms with Crippen LogP contribution in [-0.2, 0) is 17.6 Å². The molecule has 2 atom stereocenters. The van der Waals surface area contributed by atoms with Gasteiger partial charge >= 0.3 is 6.03 Å². The Morgan fingerprint density at radius 2 is 1.84 bits per heavy atom. The summed E-state index contributed by atoms with van der Waals surface area (Å²) in [5.41, 5.74) is 4.57. The normalized spacial score (nSPS) is 16.2. The molecule has 0 unspecified atom stereocenters. The van der Waals surface area contributed by atoms with Crippen molar-refractivity contribution in [2.75, 3.05) is 11.9 Å². The molecule has 2 N–H and O–H groups in total. The second kappa shape index (κ2) is 11.0. The molecule has 5 nitrogen and oxygen atoms in total. The summed E-state index contributed by atoms with van der Waals surface area (Å²) in [6.45, 7) is 6.58. The Kier molecular flexibility index (Phi) is 8.10. The van der Waals surface area contributed by atoms with Crippen LogP contribution >= 0.6 is 0 Å². The SMILES string of the molecule is CCc1ccc(NC(=O)N(CCC(=O)N[C@@H]2CCCc3ccccc32)[C@@H](C)CC)cc1. The average molecular weight is 422 g/mol. The third-order valence-electron chi connectivity index (χ3n) is 6.28. The summed E-state index contributed by atoms with van der Waals surface area (Å²) in [7, 11) is 0. The van der Waals surface area contributed by atoms with Crippen LogP contribution in [0.2, 0.25) is 0 Å². The summed E-state index contributed by atoms with van der Waals surface area (Å²) in [5.74, 6) is -0.00453. The Hall–Kier alpha value is -2.82. The smallest absolute Gasteiger partial charge is 0.322 e. The number of amides is 3. The number of hydrogen-bond donors (Lipinski definition) is 2. The number of carbonyl (C=O) groups excluding carboxylic acids is 2. The van der Waals surface area contributed by atoms with Gasteiger partial charge in [0.05, 0.1) is 6.04 Å². The van der Waals surface area contributed by atoms with E-state index in [4.69, 9.17) is 0 Å². The molecule has 1 aliphatic rings. The molecule has 0 aliphatic heterocycles. The van der Waals surface area contributed by atoms with Crippen molar-refractivity contribution in [1.29, 1.82) is 0 Å². The molecule has 0 fully saturated rings. The summed E-state index contributed by atoms with van der Waals surface area (Å²) in [4.78, 5) is 27.4. The van der Waals surface area contributed by atoms with E-state index in [9.17, 15) is 9.59 Å². The van der Waals surface area contributed by atoms with Crippen LogP contribution in [0.15, 0.2) is 48.5 Å². The second-order valence-corrected chi connectivity index (χ2v) is 8.39. The molecule has 0 spiro atoms. The number of rotatable bonds is 8.